The highest BCUT2D eigenvalue weighted by atomic mass is 16.5. The van der Waals surface area contributed by atoms with Gasteiger partial charge in [0.05, 0.1) is 6.61 Å². The highest BCUT2D eigenvalue weighted by Crippen LogP contribution is 2.43. The summed E-state index contributed by atoms with van der Waals surface area (Å²) in [6, 6.07) is 7.22. The quantitative estimate of drug-likeness (QED) is 0.352. The monoisotopic (exact) mass is 344 g/mol. The molecule has 0 saturated heterocycles. The molecule has 2 atom stereocenters. The average Bonchev–Trinajstić information content (AvgIpc) is 2.63. The summed E-state index contributed by atoms with van der Waals surface area (Å²) in [6.07, 6.45) is 16.6. The van der Waals surface area contributed by atoms with Crippen molar-refractivity contribution >= 4 is 0 Å². The molecule has 0 heterocycles. The fourth-order valence-electron chi connectivity index (χ4n) is 4.55. The fourth-order valence-corrected chi connectivity index (χ4v) is 4.55. The van der Waals surface area contributed by atoms with Crippen molar-refractivity contribution < 1.29 is 4.74 Å². The predicted molar refractivity (Wildman–Crippen MR) is 109 cm³/mol. The van der Waals surface area contributed by atoms with E-state index in [1.165, 1.54) is 82.6 Å². The van der Waals surface area contributed by atoms with Crippen LogP contribution in [0.2, 0.25) is 0 Å². The van der Waals surface area contributed by atoms with Crippen LogP contribution in [0.1, 0.15) is 119 Å². The van der Waals surface area contributed by atoms with Gasteiger partial charge in [-0.25, -0.2) is 0 Å². The molecule has 0 spiro atoms. The van der Waals surface area contributed by atoms with Gasteiger partial charge in [-0.15, -0.1) is 0 Å². The van der Waals surface area contributed by atoms with E-state index >= 15 is 0 Å². The summed E-state index contributed by atoms with van der Waals surface area (Å²) in [5.74, 6) is 1.59. The second kappa shape index (κ2) is 11.7. The van der Waals surface area contributed by atoms with E-state index in [1.54, 1.807) is 18.2 Å². The minimum absolute atomic E-state index is 0.747. The van der Waals surface area contributed by atoms with Gasteiger partial charge in [-0.1, -0.05) is 83.4 Å². The number of methoxy groups -OCH3 is 1. The van der Waals surface area contributed by atoms with Crippen LogP contribution in [0.25, 0.3) is 0 Å². The van der Waals surface area contributed by atoms with Crippen molar-refractivity contribution in [2.45, 2.75) is 109 Å². The predicted octanol–water partition coefficient (Wildman–Crippen LogP) is 7.73. The molecule has 1 aliphatic carbocycles. The van der Waals surface area contributed by atoms with E-state index in [0.29, 0.717) is 0 Å². The van der Waals surface area contributed by atoms with Gasteiger partial charge < -0.3 is 4.74 Å². The smallest absolute Gasteiger partial charge is 0.0713 e. The Morgan fingerprint density at radius 2 is 1.40 bits per heavy atom. The van der Waals surface area contributed by atoms with Crippen LogP contribution in [0.3, 0.4) is 0 Å². The number of fused-ring (bicyclic) bond motifs is 1. The Labute approximate surface area is 156 Å². The summed E-state index contributed by atoms with van der Waals surface area (Å²) in [6.45, 7) is 5.35. The fraction of sp³-hybridized carbons (Fsp3) is 0.750. The normalized spacial score (nSPS) is 19.8. The topological polar surface area (TPSA) is 9.23 Å². The molecule has 0 amide bonds. The van der Waals surface area contributed by atoms with Crippen LogP contribution in [0.15, 0.2) is 18.2 Å². The molecule has 1 aromatic rings. The molecule has 1 heteroatoms. The van der Waals surface area contributed by atoms with Gasteiger partial charge in [0.2, 0.25) is 0 Å². The van der Waals surface area contributed by atoms with Gasteiger partial charge in [-0.3, -0.25) is 0 Å². The molecule has 1 nitrogen and oxygen atoms in total. The summed E-state index contributed by atoms with van der Waals surface area (Å²) in [7, 11) is 1.80. The Balaban J connectivity index is 2.05. The third kappa shape index (κ3) is 6.44. The van der Waals surface area contributed by atoms with Crippen molar-refractivity contribution in [3.63, 3.8) is 0 Å². The third-order valence-electron chi connectivity index (χ3n) is 6.02. The highest BCUT2D eigenvalue weighted by Gasteiger charge is 2.26. The maximum absolute atomic E-state index is 5.39. The molecule has 2 unspecified atom stereocenters. The lowest BCUT2D eigenvalue weighted by Gasteiger charge is -2.32. The molecule has 0 fully saturated rings. The zero-order chi connectivity index (χ0) is 17.9. The Kier molecular flexibility index (Phi) is 9.61. The number of rotatable bonds is 12. The molecule has 0 bridgehead atoms. The Morgan fingerprint density at radius 1 is 0.800 bits per heavy atom. The molecule has 25 heavy (non-hydrogen) atoms. The molecular weight excluding hydrogens is 304 g/mol. The lowest BCUT2D eigenvalue weighted by atomic mass is 9.73. The number of benzene rings is 1. The van der Waals surface area contributed by atoms with Crippen molar-refractivity contribution in [1.82, 2.24) is 0 Å². The Bertz CT molecular complexity index is 479. The lowest BCUT2D eigenvalue weighted by Crippen LogP contribution is -2.15. The number of unbranched alkanes of at least 4 members (excludes halogenated alkanes) is 6. The summed E-state index contributed by atoms with van der Waals surface area (Å²) in [5, 5.41) is 0. The van der Waals surface area contributed by atoms with Crippen LogP contribution in [0.5, 0.6) is 0 Å². The van der Waals surface area contributed by atoms with Crippen molar-refractivity contribution in [3.8, 4) is 0 Å². The largest absolute Gasteiger partial charge is 0.380 e. The van der Waals surface area contributed by atoms with Gasteiger partial charge in [0.15, 0.2) is 0 Å². The van der Waals surface area contributed by atoms with Crippen LogP contribution < -0.4 is 0 Å². The van der Waals surface area contributed by atoms with Crippen molar-refractivity contribution in [1.29, 1.82) is 0 Å². The molecule has 142 valence electrons. The Morgan fingerprint density at radius 3 is 1.96 bits per heavy atom. The summed E-state index contributed by atoms with van der Waals surface area (Å²) in [5.41, 5.74) is 4.69. The number of ether oxygens (including phenoxy) is 1. The summed E-state index contributed by atoms with van der Waals surface area (Å²) < 4.78 is 5.39. The molecule has 1 aliphatic rings. The van der Waals surface area contributed by atoms with Crippen LogP contribution in [0, 0.1) is 0 Å². The van der Waals surface area contributed by atoms with Gasteiger partial charge in [0, 0.05) is 7.11 Å². The first kappa shape index (κ1) is 20.5. The van der Waals surface area contributed by atoms with Crippen LogP contribution in [-0.2, 0) is 11.3 Å². The van der Waals surface area contributed by atoms with E-state index in [1.807, 2.05) is 0 Å². The van der Waals surface area contributed by atoms with Crippen molar-refractivity contribution in [2.24, 2.45) is 0 Å². The SMILES string of the molecule is CCCCCCC1CCC(CCCCCC)c2cc(COC)ccc21. The summed E-state index contributed by atoms with van der Waals surface area (Å²) >= 11 is 0. The van der Waals surface area contributed by atoms with Crippen LogP contribution >= 0.6 is 0 Å². The molecule has 0 radical (unpaired) electrons. The molecular formula is C24H40O. The van der Waals surface area contributed by atoms with Gasteiger partial charge in [0.25, 0.3) is 0 Å². The molecule has 1 aromatic carbocycles. The van der Waals surface area contributed by atoms with Crippen LogP contribution in [-0.4, -0.2) is 7.11 Å². The Hall–Kier alpha value is -0.820. The van der Waals surface area contributed by atoms with E-state index in [0.717, 1.165) is 18.4 Å². The zero-order valence-electron chi connectivity index (χ0n) is 17.0. The maximum Gasteiger partial charge on any atom is 0.0713 e. The lowest BCUT2D eigenvalue weighted by molar-refractivity contribution is 0.184. The van der Waals surface area contributed by atoms with Gasteiger partial charge in [0.1, 0.15) is 0 Å². The van der Waals surface area contributed by atoms with E-state index in [2.05, 4.69) is 32.0 Å². The molecule has 0 N–H and O–H groups in total. The third-order valence-corrected chi connectivity index (χ3v) is 6.02. The van der Waals surface area contributed by atoms with E-state index < -0.39 is 0 Å². The van der Waals surface area contributed by atoms with E-state index in [-0.39, 0.29) is 0 Å². The number of hydrogen-bond acceptors (Lipinski definition) is 1. The molecule has 0 aliphatic heterocycles. The second-order valence-corrected chi connectivity index (χ2v) is 8.07. The van der Waals surface area contributed by atoms with E-state index in [4.69, 9.17) is 4.74 Å². The maximum atomic E-state index is 5.39. The first-order chi connectivity index (χ1) is 12.3. The standard InChI is InChI=1S/C24H40O/c1-4-6-8-10-12-21-15-16-22(13-11-9-7-5-2)24-18-20(19-25-3)14-17-23(21)24/h14,17-18,21-22H,4-13,15-16,19H2,1-3H3. The second-order valence-electron chi connectivity index (χ2n) is 8.07. The first-order valence-corrected chi connectivity index (χ1v) is 10.9. The zero-order valence-corrected chi connectivity index (χ0v) is 17.0. The van der Waals surface area contributed by atoms with Crippen molar-refractivity contribution in [2.75, 3.05) is 7.11 Å². The van der Waals surface area contributed by atoms with Crippen LogP contribution in [0.4, 0.5) is 0 Å². The van der Waals surface area contributed by atoms with Gasteiger partial charge in [-0.2, -0.15) is 0 Å². The molecule has 0 saturated carbocycles. The van der Waals surface area contributed by atoms with Crippen molar-refractivity contribution in [3.05, 3.63) is 34.9 Å². The highest BCUT2D eigenvalue weighted by molar-refractivity contribution is 5.39. The minimum atomic E-state index is 0.747. The average molecular weight is 345 g/mol. The van der Waals surface area contributed by atoms with Gasteiger partial charge in [-0.05, 0) is 54.2 Å². The first-order valence-electron chi connectivity index (χ1n) is 10.9. The minimum Gasteiger partial charge on any atom is -0.380 e. The number of hydrogen-bond donors (Lipinski definition) is 0. The molecule has 2 rings (SSSR count). The molecule has 0 aromatic heterocycles. The summed E-state index contributed by atoms with van der Waals surface area (Å²) in [4.78, 5) is 0. The van der Waals surface area contributed by atoms with Gasteiger partial charge >= 0.3 is 0 Å². The van der Waals surface area contributed by atoms with E-state index in [9.17, 15) is 0 Å².